The Labute approximate surface area is 151 Å². The lowest BCUT2D eigenvalue weighted by Crippen LogP contribution is -2.35. The molecule has 6 heteroatoms. The molecular formula is C19H21FN2O2S. The van der Waals surface area contributed by atoms with E-state index in [2.05, 4.69) is 11.9 Å². The maximum atomic E-state index is 13.9. The Morgan fingerprint density at radius 2 is 2.08 bits per heavy atom. The molecule has 0 aliphatic heterocycles. The average Bonchev–Trinajstić information content (AvgIpc) is 3.09. The molecule has 0 aliphatic rings. The van der Waals surface area contributed by atoms with Crippen molar-refractivity contribution in [2.24, 2.45) is 0 Å². The van der Waals surface area contributed by atoms with Crippen LogP contribution in [-0.4, -0.2) is 23.3 Å². The Bertz CT molecular complexity index is 731. The van der Waals surface area contributed by atoms with Crippen molar-refractivity contribution in [1.29, 1.82) is 0 Å². The van der Waals surface area contributed by atoms with Crippen LogP contribution in [0.15, 0.2) is 54.4 Å². The Morgan fingerprint density at radius 3 is 2.68 bits per heavy atom. The topological polar surface area (TPSA) is 49.4 Å². The predicted octanol–water partition coefficient (Wildman–Crippen LogP) is 3.67. The van der Waals surface area contributed by atoms with Crippen molar-refractivity contribution in [1.82, 2.24) is 10.2 Å². The third kappa shape index (κ3) is 5.53. The van der Waals surface area contributed by atoms with E-state index in [1.54, 1.807) is 24.3 Å². The molecule has 0 fully saturated rings. The molecule has 0 aliphatic carbocycles. The summed E-state index contributed by atoms with van der Waals surface area (Å²) in [4.78, 5) is 26.7. The second-order valence-electron chi connectivity index (χ2n) is 5.63. The lowest BCUT2D eigenvalue weighted by molar-refractivity contribution is -0.132. The molecule has 0 bridgehead atoms. The van der Waals surface area contributed by atoms with E-state index in [1.165, 1.54) is 29.2 Å². The van der Waals surface area contributed by atoms with Crippen LogP contribution < -0.4 is 5.32 Å². The summed E-state index contributed by atoms with van der Waals surface area (Å²) in [5.74, 6) is -0.716. The van der Waals surface area contributed by atoms with E-state index in [9.17, 15) is 14.0 Å². The number of nitrogens with one attached hydrogen (secondary N) is 1. The fourth-order valence-electron chi connectivity index (χ4n) is 2.50. The van der Waals surface area contributed by atoms with Crippen LogP contribution in [-0.2, 0) is 16.1 Å². The maximum Gasteiger partial charge on any atom is 0.225 e. The van der Waals surface area contributed by atoms with Crippen LogP contribution in [0.4, 0.5) is 4.39 Å². The van der Waals surface area contributed by atoms with E-state index in [1.807, 2.05) is 17.5 Å². The monoisotopic (exact) mass is 360 g/mol. The van der Waals surface area contributed by atoms with Crippen LogP contribution in [0.2, 0.25) is 0 Å². The predicted molar refractivity (Wildman–Crippen MR) is 97.5 cm³/mol. The first-order valence-electron chi connectivity index (χ1n) is 7.94. The SMILES string of the molecule is C=CCN(Cc1ccccc1F)C(=O)C[C@@H](NC(C)=O)c1cccs1. The lowest BCUT2D eigenvalue weighted by atomic mass is 10.1. The number of carbonyl (C=O) groups excluding carboxylic acids is 2. The number of hydrogen-bond donors (Lipinski definition) is 1. The first-order chi connectivity index (χ1) is 12.0. The van der Waals surface area contributed by atoms with E-state index in [-0.39, 0.29) is 30.6 Å². The van der Waals surface area contributed by atoms with Gasteiger partial charge in [-0.2, -0.15) is 0 Å². The van der Waals surface area contributed by atoms with Gasteiger partial charge >= 0.3 is 0 Å². The molecule has 0 unspecified atom stereocenters. The molecule has 1 N–H and O–H groups in total. The van der Waals surface area contributed by atoms with Gasteiger partial charge in [0.15, 0.2) is 0 Å². The molecule has 2 rings (SSSR count). The maximum absolute atomic E-state index is 13.9. The zero-order chi connectivity index (χ0) is 18.2. The summed E-state index contributed by atoms with van der Waals surface area (Å²) in [5, 5.41) is 4.71. The van der Waals surface area contributed by atoms with Crippen LogP contribution in [0.5, 0.6) is 0 Å². The minimum Gasteiger partial charge on any atom is -0.348 e. The third-order valence-corrected chi connectivity index (χ3v) is 4.65. The Kier molecular flexibility index (Phi) is 6.89. The number of nitrogens with zero attached hydrogens (tertiary/aromatic N) is 1. The fraction of sp³-hybridized carbons (Fsp3) is 0.263. The van der Waals surface area contributed by atoms with Crippen molar-refractivity contribution < 1.29 is 14.0 Å². The zero-order valence-electron chi connectivity index (χ0n) is 14.1. The first-order valence-corrected chi connectivity index (χ1v) is 8.81. The Morgan fingerprint density at radius 1 is 1.32 bits per heavy atom. The average molecular weight is 360 g/mol. The van der Waals surface area contributed by atoms with Crippen LogP contribution >= 0.6 is 11.3 Å². The number of halogens is 1. The van der Waals surface area contributed by atoms with E-state index in [0.29, 0.717) is 12.1 Å². The Hall–Kier alpha value is -2.47. The van der Waals surface area contributed by atoms with E-state index >= 15 is 0 Å². The van der Waals surface area contributed by atoms with E-state index in [4.69, 9.17) is 0 Å². The third-order valence-electron chi connectivity index (χ3n) is 3.66. The van der Waals surface area contributed by atoms with Crippen molar-refractivity contribution in [2.45, 2.75) is 25.9 Å². The largest absolute Gasteiger partial charge is 0.348 e. The molecule has 1 heterocycles. The minimum absolute atomic E-state index is 0.113. The Balaban J connectivity index is 2.13. The molecule has 0 radical (unpaired) electrons. The van der Waals surface area contributed by atoms with Gasteiger partial charge in [-0.25, -0.2) is 4.39 Å². The van der Waals surface area contributed by atoms with Crippen molar-refractivity contribution in [2.75, 3.05) is 6.54 Å². The lowest BCUT2D eigenvalue weighted by Gasteiger charge is -2.24. The summed E-state index contributed by atoms with van der Waals surface area (Å²) in [6, 6.07) is 9.75. The fourth-order valence-corrected chi connectivity index (χ4v) is 3.28. The standard InChI is InChI=1S/C19H21FN2O2S/c1-3-10-22(13-15-7-4-5-8-16(15)20)19(24)12-17(21-14(2)23)18-9-6-11-25-18/h3-9,11,17H,1,10,12-13H2,2H3,(H,21,23)/t17-/m1/s1. The number of thiophene rings is 1. The van der Waals surface area contributed by atoms with Gasteiger partial charge in [-0.1, -0.05) is 30.3 Å². The van der Waals surface area contributed by atoms with Crippen molar-refractivity contribution in [3.63, 3.8) is 0 Å². The van der Waals surface area contributed by atoms with Gasteiger partial charge in [0.05, 0.1) is 12.5 Å². The molecular weight excluding hydrogens is 339 g/mol. The second kappa shape index (κ2) is 9.13. The van der Waals surface area contributed by atoms with Gasteiger partial charge in [0, 0.05) is 30.5 Å². The van der Waals surface area contributed by atoms with Gasteiger partial charge in [-0.15, -0.1) is 17.9 Å². The molecule has 25 heavy (non-hydrogen) atoms. The molecule has 0 spiro atoms. The van der Waals surface area contributed by atoms with Gasteiger partial charge in [-0.05, 0) is 17.5 Å². The molecule has 4 nitrogen and oxygen atoms in total. The van der Waals surface area contributed by atoms with Crippen molar-refractivity contribution in [3.05, 3.63) is 70.7 Å². The van der Waals surface area contributed by atoms with E-state index in [0.717, 1.165) is 4.88 Å². The van der Waals surface area contributed by atoms with Gasteiger partial charge in [-0.3, -0.25) is 9.59 Å². The van der Waals surface area contributed by atoms with Crippen molar-refractivity contribution in [3.8, 4) is 0 Å². The van der Waals surface area contributed by atoms with Gasteiger partial charge < -0.3 is 10.2 Å². The summed E-state index contributed by atoms with van der Waals surface area (Å²) in [6.07, 6.45) is 1.72. The summed E-state index contributed by atoms with van der Waals surface area (Å²) < 4.78 is 13.9. The second-order valence-corrected chi connectivity index (χ2v) is 6.61. The number of hydrogen-bond acceptors (Lipinski definition) is 3. The normalized spacial score (nSPS) is 11.6. The number of rotatable bonds is 8. The molecule has 1 aromatic heterocycles. The summed E-state index contributed by atoms with van der Waals surface area (Å²) in [6.45, 7) is 5.56. The molecule has 2 amide bonds. The first kappa shape index (κ1) is 18.9. The molecule has 0 saturated carbocycles. The highest BCUT2D eigenvalue weighted by Gasteiger charge is 2.22. The van der Waals surface area contributed by atoms with Crippen LogP contribution in [0, 0.1) is 5.82 Å². The quantitative estimate of drug-likeness (QED) is 0.730. The highest BCUT2D eigenvalue weighted by atomic mass is 32.1. The highest BCUT2D eigenvalue weighted by Crippen LogP contribution is 2.23. The molecule has 2 aromatic rings. The number of carbonyl (C=O) groups is 2. The summed E-state index contributed by atoms with van der Waals surface area (Å²) in [5.41, 5.74) is 0.449. The summed E-state index contributed by atoms with van der Waals surface area (Å²) in [7, 11) is 0. The van der Waals surface area contributed by atoms with Crippen LogP contribution in [0.1, 0.15) is 29.8 Å². The minimum atomic E-state index is -0.391. The van der Waals surface area contributed by atoms with Gasteiger partial charge in [0.2, 0.25) is 11.8 Å². The highest BCUT2D eigenvalue weighted by molar-refractivity contribution is 7.10. The zero-order valence-corrected chi connectivity index (χ0v) is 14.9. The number of amides is 2. The number of benzene rings is 1. The van der Waals surface area contributed by atoms with Gasteiger partial charge in [0.1, 0.15) is 5.82 Å². The van der Waals surface area contributed by atoms with Crippen LogP contribution in [0.3, 0.4) is 0 Å². The van der Waals surface area contributed by atoms with Crippen LogP contribution in [0.25, 0.3) is 0 Å². The smallest absolute Gasteiger partial charge is 0.225 e. The van der Waals surface area contributed by atoms with Crippen molar-refractivity contribution >= 4 is 23.2 Å². The summed E-state index contributed by atoms with van der Waals surface area (Å²) >= 11 is 1.48. The van der Waals surface area contributed by atoms with Gasteiger partial charge in [0.25, 0.3) is 0 Å². The molecule has 1 atom stereocenters. The molecule has 0 saturated heterocycles. The van der Waals surface area contributed by atoms with E-state index < -0.39 is 6.04 Å². The molecule has 132 valence electrons. The molecule has 1 aromatic carbocycles.